The Morgan fingerprint density at radius 1 is 1.47 bits per heavy atom. The average Bonchev–Trinajstić information content (AvgIpc) is 2.26. The van der Waals surface area contributed by atoms with E-state index in [1.807, 2.05) is 4.90 Å². The summed E-state index contributed by atoms with van der Waals surface area (Å²) >= 11 is 0. The summed E-state index contributed by atoms with van der Waals surface area (Å²) in [4.78, 5) is 14.2. The van der Waals surface area contributed by atoms with Gasteiger partial charge < -0.3 is 15.5 Å². The molecule has 0 atom stereocenters. The molecule has 2 aliphatic rings. The largest absolute Gasteiger partial charge is 0.333 e. The van der Waals surface area contributed by atoms with E-state index in [1.165, 1.54) is 6.42 Å². The van der Waals surface area contributed by atoms with Crippen LogP contribution in [0.1, 0.15) is 40.0 Å². The molecule has 0 radical (unpaired) electrons. The normalized spacial score (nSPS) is 23.4. The van der Waals surface area contributed by atoms with Crippen LogP contribution in [0.15, 0.2) is 0 Å². The number of carbonyl (C=O) groups is 1. The Morgan fingerprint density at radius 2 is 2.18 bits per heavy atom. The second-order valence-corrected chi connectivity index (χ2v) is 6.30. The maximum atomic E-state index is 12.2. The summed E-state index contributed by atoms with van der Waals surface area (Å²) in [6, 6.07) is 0.114. The van der Waals surface area contributed by atoms with Gasteiger partial charge in [-0.25, -0.2) is 4.79 Å². The summed E-state index contributed by atoms with van der Waals surface area (Å²) in [5, 5.41) is 6.46. The molecule has 0 bridgehead atoms. The highest BCUT2D eigenvalue weighted by molar-refractivity contribution is 5.75. The molecule has 0 aromatic rings. The molecule has 17 heavy (non-hydrogen) atoms. The van der Waals surface area contributed by atoms with Crippen molar-refractivity contribution in [2.24, 2.45) is 5.41 Å². The predicted molar refractivity (Wildman–Crippen MR) is 69.0 cm³/mol. The molecule has 0 aromatic carbocycles. The van der Waals surface area contributed by atoms with Crippen molar-refractivity contribution in [1.82, 2.24) is 15.5 Å². The van der Waals surface area contributed by atoms with Gasteiger partial charge in [0.1, 0.15) is 0 Å². The van der Waals surface area contributed by atoms with Gasteiger partial charge in [0.2, 0.25) is 0 Å². The molecule has 2 aliphatic heterocycles. The SMILES string of the molecule is CCC(C)(C)NC(=O)N1CCCC2(CNC2)C1. The number of amides is 2. The van der Waals surface area contributed by atoms with Gasteiger partial charge in [-0.05, 0) is 33.1 Å². The summed E-state index contributed by atoms with van der Waals surface area (Å²) in [6.07, 6.45) is 3.36. The van der Waals surface area contributed by atoms with Crippen LogP contribution in [0.2, 0.25) is 0 Å². The summed E-state index contributed by atoms with van der Waals surface area (Å²) < 4.78 is 0. The lowest BCUT2D eigenvalue weighted by atomic mass is 9.75. The Balaban J connectivity index is 1.91. The Morgan fingerprint density at radius 3 is 2.71 bits per heavy atom. The lowest BCUT2D eigenvalue weighted by Crippen LogP contribution is -2.63. The first-order valence-electron chi connectivity index (χ1n) is 6.74. The Kier molecular flexibility index (Phi) is 3.34. The van der Waals surface area contributed by atoms with E-state index in [9.17, 15) is 4.79 Å². The summed E-state index contributed by atoms with van der Waals surface area (Å²) in [5.74, 6) is 0. The fourth-order valence-electron chi connectivity index (χ4n) is 2.61. The minimum atomic E-state index is -0.0977. The van der Waals surface area contributed by atoms with Crippen molar-refractivity contribution in [3.63, 3.8) is 0 Å². The molecule has 2 N–H and O–H groups in total. The van der Waals surface area contributed by atoms with E-state index in [1.54, 1.807) is 0 Å². The van der Waals surface area contributed by atoms with E-state index < -0.39 is 0 Å². The molecular weight excluding hydrogens is 214 g/mol. The van der Waals surface area contributed by atoms with Crippen LogP contribution in [-0.4, -0.2) is 42.6 Å². The minimum absolute atomic E-state index is 0.0977. The van der Waals surface area contributed by atoms with Crippen molar-refractivity contribution in [3.05, 3.63) is 0 Å². The van der Waals surface area contributed by atoms with Crippen molar-refractivity contribution in [2.75, 3.05) is 26.2 Å². The second-order valence-electron chi connectivity index (χ2n) is 6.30. The van der Waals surface area contributed by atoms with Gasteiger partial charge in [-0.2, -0.15) is 0 Å². The van der Waals surface area contributed by atoms with E-state index in [-0.39, 0.29) is 11.6 Å². The van der Waals surface area contributed by atoms with E-state index in [4.69, 9.17) is 0 Å². The van der Waals surface area contributed by atoms with Gasteiger partial charge in [-0.15, -0.1) is 0 Å². The van der Waals surface area contributed by atoms with Crippen LogP contribution >= 0.6 is 0 Å². The molecule has 0 aromatic heterocycles. The molecule has 0 unspecified atom stereocenters. The molecule has 0 saturated carbocycles. The third-order valence-electron chi connectivity index (χ3n) is 4.28. The number of nitrogens with zero attached hydrogens (tertiary/aromatic N) is 1. The van der Waals surface area contributed by atoms with Crippen molar-refractivity contribution >= 4 is 6.03 Å². The van der Waals surface area contributed by atoms with Crippen LogP contribution in [0.4, 0.5) is 4.79 Å². The fraction of sp³-hybridized carbons (Fsp3) is 0.923. The number of likely N-dealkylation sites (tertiary alicyclic amines) is 1. The Bertz CT molecular complexity index is 297. The zero-order valence-corrected chi connectivity index (χ0v) is 11.3. The first-order valence-corrected chi connectivity index (χ1v) is 6.74. The predicted octanol–water partition coefficient (Wildman–Crippen LogP) is 1.57. The third-order valence-corrected chi connectivity index (χ3v) is 4.28. The maximum absolute atomic E-state index is 12.2. The zero-order chi connectivity index (χ0) is 12.5. The van der Waals surface area contributed by atoms with Crippen LogP contribution in [-0.2, 0) is 0 Å². The van der Waals surface area contributed by atoms with Crippen LogP contribution in [0.3, 0.4) is 0 Å². The molecule has 2 fully saturated rings. The van der Waals surface area contributed by atoms with E-state index >= 15 is 0 Å². The number of hydrogen-bond donors (Lipinski definition) is 2. The molecule has 1 spiro atoms. The monoisotopic (exact) mass is 239 g/mol. The van der Waals surface area contributed by atoms with Crippen LogP contribution in [0.5, 0.6) is 0 Å². The van der Waals surface area contributed by atoms with E-state index in [2.05, 4.69) is 31.4 Å². The highest BCUT2D eigenvalue weighted by atomic mass is 16.2. The zero-order valence-electron chi connectivity index (χ0n) is 11.3. The number of hydrogen-bond acceptors (Lipinski definition) is 2. The molecule has 2 rings (SSSR count). The highest BCUT2D eigenvalue weighted by Gasteiger charge is 2.42. The van der Waals surface area contributed by atoms with Crippen LogP contribution in [0, 0.1) is 5.41 Å². The molecule has 2 amide bonds. The van der Waals surface area contributed by atoms with Gasteiger partial charge in [-0.3, -0.25) is 0 Å². The third kappa shape index (κ3) is 2.73. The quantitative estimate of drug-likeness (QED) is 0.768. The van der Waals surface area contributed by atoms with E-state index in [0.29, 0.717) is 5.41 Å². The molecule has 4 heteroatoms. The van der Waals surface area contributed by atoms with Gasteiger partial charge in [0.05, 0.1) is 0 Å². The number of nitrogens with one attached hydrogen (secondary N) is 2. The maximum Gasteiger partial charge on any atom is 0.317 e. The smallest absolute Gasteiger partial charge is 0.317 e. The first-order chi connectivity index (χ1) is 7.96. The highest BCUT2D eigenvalue weighted by Crippen LogP contribution is 2.33. The van der Waals surface area contributed by atoms with Crippen LogP contribution < -0.4 is 10.6 Å². The average molecular weight is 239 g/mol. The van der Waals surface area contributed by atoms with Crippen molar-refractivity contribution in [1.29, 1.82) is 0 Å². The van der Waals surface area contributed by atoms with Crippen molar-refractivity contribution in [2.45, 2.75) is 45.6 Å². The van der Waals surface area contributed by atoms with Crippen molar-refractivity contribution < 1.29 is 4.79 Å². The fourth-order valence-corrected chi connectivity index (χ4v) is 2.61. The van der Waals surface area contributed by atoms with Crippen LogP contribution in [0.25, 0.3) is 0 Å². The molecule has 4 nitrogen and oxygen atoms in total. The lowest BCUT2D eigenvalue weighted by molar-refractivity contribution is 0.0564. The van der Waals surface area contributed by atoms with Gasteiger partial charge in [0.25, 0.3) is 0 Å². The molecule has 0 aliphatic carbocycles. The Hall–Kier alpha value is -0.770. The van der Waals surface area contributed by atoms with E-state index in [0.717, 1.165) is 39.0 Å². The standard InChI is InChI=1S/C13H25N3O/c1-4-12(2,3)15-11(17)16-7-5-6-13(10-16)8-14-9-13/h14H,4-10H2,1-3H3,(H,15,17). The topological polar surface area (TPSA) is 44.4 Å². The van der Waals surface area contributed by atoms with Gasteiger partial charge in [0, 0.05) is 37.1 Å². The number of rotatable bonds is 2. The first kappa shape index (κ1) is 12.7. The molecular formula is C13H25N3O. The van der Waals surface area contributed by atoms with Crippen molar-refractivity contribution in [3.8, 4) is 0 Å². The summed E-state index contributed by atoms with van der Waals surface area (Å²) in [7, 11) is 0. The number of piperidine rings is 1. The van der Waals surface area contributed by atoms with Gasteiger partial charge in [0.15, 0.2) is 0 Å². The number of urea groups is 1. The molecule has 98 valence electrons. The Labute approximate surface area is 104 Å². The molecule has 2 heterocycles. The summed E-state index contributed by atoms with van der Waals surface area (Å²) in [5.41, 5.74) is 0.283. The lowest BCUT2D eigenvalue weighted by Gasteiger charge is -2.49. The second kappa shape index (κ2) is 4.48. The summed E-state index contributed by atoms with van der Waals surface area (Å²) in [6.45, 7) is 10.2. The van der Waals surface area contributed by atoms with Gasteiger partial charge >= 0.3 is 6.03 Å². The molecule has 2 saturated heterocycles. The van der Waals surface area contributed by atoms with Gasteiger partial charge in [-0.1, -0.05) is 6.92 Å². The number of carbonyl (C=O) groups excluding carboxylic acids is 1. The minimum Gasteiger partial charge on any atom is -0.333 e.